The maximum Gasteiger partial charge on any atom is 0.258 e. The number of carbonyl (C=O) groups excluding carboxylic acids is 2. The molecule has 6 nitrogen and oxygen atoms in total. The number of hydrogen-bond donors (Lipinski definition) is 0. The lowest BCUT2D eigenvalue weighted by Crippen LogP contribution is -2.27. The largest absolute Gasteiger partial charge is 0.292 e. The van der Waals surface area contributed by atoms with E-state index in [1.165, 1.54) is 0 Å². The standard InChI is InChI=1S/C14H22N2O4/c17-13(11-5-3-9-15(11)19)7-1-2-8-14(18)12-6-4-10-16(12)20/h11-12H,1-10H2/q+2. The normalized spacial score (nSPS) is 26.2. The SMILES string of the molecule is O=C(CCCCC(=O)C1CCC[N+]1=O)C1CCC[N+]1=O. The molecule has 0 aromatic carbocycles. The van der Waals surface area contributed by atoms with E-state index in [2.05, 4.69) is 0 Å². The molecule has 2 aliphatic rings. The summed E-state index contributed by atoms with van der Waals surface area (Å²) in [7, 11) is 0. The highest BCUT2D eigenvalue weighted by molar-refractivity contribution is 5.84. The van der Waals surface area contributed by atoms with E-state index in [1.54, 1.807) is 0 Å². The van der Waals surface area contributed by atoms with Gasteiger partial charge in [0, 0.05) is 57.9 Å². The fourth-order valence-electron chi connectivity index (χ4n) is 3.06. The van der Waals surface area contributed by atoms with E-state index < -0.39 is 12.1 Å². The molecule has 0 amide bonds. The van der Waals surface area contributed by atoms with Crippen LogP contribution in [0.15, 0.2) is 0 Å². The Morgan fingerprint density at radius 1 is 0.800 bits per heavy atom. The van der Waals surface area contributed by atoms with Gasteiger partial charge in [0.1, 0.15) is 0 Å². The van der Waals surface area contributed by atoms with Crippen molar-refractivity contribution in [3.63, 3.8) is 0 Å². The van der Waals surface area contributed by atoms with Crippen molar-refractivity contribution in [2.24, 2.45) is 0 Å². The van der Waals surface area contributed by atoms with E-state index in [4.69, 9.17) is 0 Å². The monoisotopic (exact) mass is 282 g/mol. The van der Waals surface area contributed by atoms with Crippen LogP contribution in [0.2, 0.25) is 0 Å². The number of Topliss-reactive ketones (excluding diaryl/α,β-unsaturated/α-hetero) is 2. The van der Waals surface area contributed by atoms with Crippen LogP contribution in [0.5, 0.6) is 0 Å². The molecule has 2 fully saturated rings. The summed E-state index contributed by atoms with van der Waals surface area (Å²) in [5.74, 6) is -0.00691. The van der Waals surface area contributed by atoms with Gasteiger partial charge in [0.25, 0.3) is 12.1 Å². The first-order valence-electron chi connectivity index (χ1n) is 7.52. The molecule has 110 valence electrons. The molecule has 2 saturated heterocycles. The maximum absolute atomic E-state index is 11.8. The molecule has 0 bridgehead atoms. The highest BCUT2D eigenvalue weighted by Crippen LogP contribution is 2.17. The van der Waals surface area contributed by atoms with Gasteiger partial charge in [-0.25, -0.2) is 0 Å². The van der Waals surface area contributed by atoms with E-state index in [0.717, 1.165) is 22.4 Å². The Morgan fingerprint density at radius 3 is 1.50 bits per heavy atom. The van der Waals surface area contributed by atoms with E-state index >= 15 is 0 Å². The lowest BCUT2D eigenvalue weighted by Gasteiger charge is -2.03. The van der Waals surface area contributed by atoms with Crippen molar-refractivity contribution < 1.29 is 19.1 Å². The maximum atomic E-state index is 11.8. The number of nitrogens with zero attached hydrogens (tertiary/aromatic N) is 2. The van der Waals surface area contributed by atoms with Crippen molar-refractivity contribution in [2.75, 3.05) is 13.1 Å². The Labute approximate surface area is 118 Å². The Morgan fingerprint density at radius 2 is 1.20 bits per heavy atom. The van der Waals surface area contributed by atoms with Gasteiger partial charge in [-0.3, -0.25) is 9.59 Å². The van der Waals surface area contributed by atoms with Crippen LogP contribution in [0, 0.1) is 9.81 Å². The molecule has 2 atom stereocenters. The summed E-state index contributed by atoms with van der Waals surface area (Å²) in [5.41, 5.74) is 0. The van der Waals surface area contributed by atoms with Crippen LogP contribution in [-0.4, -0.2) is 46.3 Å². The molecule has 0 radical (unpaired) electrons. The Kier molecular flexibility index (Phi) is 5.09. The zero-order chi connectivity index (χ0) is 14.5. The highest BCUT2D eigenvalue weighted by atomic mass is 16.3. The van der Waals surface area contributed by atoms with Crippen molar-refractivity contribution in [1.29, 1.82) is 0 Å². The fourth-order valence-corrected chi connectivity index (χ4v) is 3.06. The Bertz CT molecular complexity index is 393. The summed E-state index contributed by atoms with van der Waals surface area (Å²) in [4.78, 5) is 46.4. The summed E-state index contributed by atoms with van der Waals surface area (Å²) in [6, 6.07) is -0.921. The van der Waals surface area contributed by atoms with Crippen LogP contribution < -0.4 is 0 Å². The summed E-state index contributed by atoms with van der Waals surface area (Å²) in [6.45, 7) is 0.909. The predicted octanol–water partition coefficient (Wildman–Crippen LogP) is 1.57. The predicted molar refractivity (Wildman–Crippen MR) is 71.5 cm³/mol. The molecule has 0 aliphatic carbocycles. The molecule has 20 heavy (non-hydrogen) atoms. The molecular weight excluding hydrogens is 260 g/mol. The molecule has 0 N–H and O–H groups in total. The van der Waals surface area contributed by atoms with Crippen LogP contribution >= 0.6 is 0 Å². The summed E-state index contributed by atoms with van der Waals surface area (Å²) >= 11 is 0. The lowest BCUT2D eigenvalue weighted by molar-refractivity contribution is -0.551. The smallest absolute Gasteiger partial charge is 0.258 e. The summed E-state index contributed by atoms with van der Waals surface area (Å²) in [6.07, 6.45) is 4.88. The van der Waals surface area contributed by atoms with Crippen molar-refractivity contribution >= 4 is 11.6 Å². The first-order valence-corrected chi connectivity index (χ1v) is 7.52. The van der Waals surface area contributed by atoms with Gasteiger partial charge < -0.3 is 0 Å². The van der Waals surface area contributed by atoms with E-state index in [9.17, 15) is 19.4 Å². The zero-order valence-electron chi connectivity index (χ0n) is 11.8. The van der Waals surface area contributed by atoms with Crippen molar-refractivity contribution in [3.8, 4) is 0 Å². The third-order valence-corrected chi connectivity index (χ3v) is 4.25. The van der Waals surface area contributed by atoms with Gasteiger partial charge in [-0.1, -0.05) is 0 Å². The molecule has 0 aromatic heterocycles. The van der Waals surface area contributed by atoms with Crippen LogP contribution in [0.4, 0.5) is 0 Å². The number of ketones is 2. The highest BCUT2D eigenvalue weighted by Gasteiger charge is 2.38. The first-order chi connectivity index (χ1) is 9.59. The topological polar surface area (TPSA) is 74.3 Å². The first kappa shape index (κ1) is 14.9. The second kappa shape index (κ2) is 6.81. The number of nitroso groups, excluding NO2 is 2. The van der Waals surface area contributed by atoms with Crippen LogP contribution in [0.1, 0.15) is 51.4 Å². The third-order valence-electron chi connectivity index (χ3n) is 4.25. The molecule has 0 aromatic rings. The zero-order valence-corrected chi connectivity index (χ0v) is 11.8. The third kappa shape index (κ3) is 3.55. The van der Waals surface area contributed by atoms with Crippen molar-refractivity contribution in [3.05, 3.63) is 9.81 Å². The Hall–Kier alpha value is -1.46. The van der Waals surface area contributed by atoms with Crippen molar-refractivity contribution in [1.82, 2.24) is 0 Å². The number of rotatable bonds is 7. The molecule has 2 unspecified atom stereocenters. The molecule has 2 heterocycles. The van der Waals surface area contributed by atoms with Crippen LogP contribution in [0.3, 0.4) is 0 Å². The molecule has 2 aliphatic heterocycles. The fraction of sp³-hybridized carbons (Fsp3) is 0.857. The quantitative estimate of drug-likeness (QED) is 0.524. The Balaban J connectivity index is 1.64. The second-order valence-corrected chi connectivity index (χ2v) is 5.74. The molecular formula is C14H22N2O4+2. The van der Waals surface area contributed by atoms with Crippen LogP contribution in [-0.2, 0) is 9.59 Å². The van der Waals surface area contributed by atoms with Gasteiger partial charge in [0.05, 0.1) is 0 Å². The number of hydrogen-bond acceptors (Lipinski definition) is 4. The molecule has 6 heteroatoms. The van der Waals surface area contributed by atoms with Crippen LogP contribution in [0.25, 0.3) is 0 Å². The molecule has 0 spiro atoms. The van der Waals surface area contributed by atoms with E-state index in [0.29, 0.717) is 51.6 Å². The van der Waals surface area contributed by atoms with Gasteiger partial charge in [0.2, 0.25) is 11.6 Å². The minimum atomic E-state index is -0.460. The average molecular weight is 282 g/mol. The van der Waals surface area contributed by atoms with Gasteiger partial charge in [0.15, 0.2) is 13.1 Å². The molecule has 2 rings (SSSR count). The number of unbranched alkanes of at least 4 members (excludes halogenated alkanes) is 1. The minimum absolute atomic E-state index is 0.00346. The van der Waals surface area contributed by atoms with Gasteiger partial charge >= 0.3 is 0 Å². The van der Waals surface area contributed by atoms with Gasteiger partial charge in [-0.2, -0.15) is 0 Å². The van der Waals surface area contributed by atoms with E-state index in [1.807, 2.05) is 0 Å². The van der Waals surface area contributed by atoms with Gasteiger partial charge in [-0.15, -0.1) is 0 Å². The van der Waals surface area contributed by atoms with Crippen molar-refractivity contribution in [2.45, 2.75) is 63.5 Å². The number of carbonyl (C=O) groups is 2. The second-order valence-electron chi connectivity index (χ2n) is 5.74. The lowest BCUT2D eigenvalue weighted by atomic mass is 10.0. The van der Waals surface area contributed by atoms with E-state index in [-0.39, 0.29) is 11.6 Å². The average Bonchev–Trinajstić information content (AvgIpc) is 3.02. The summed E-state index contributed by atoms with van der Waals surface area (Å²) in [5, 5.41) is 0. The molecule has 0 saturated carbocycles. The summed E-state index contributed by atoms with van der Waals surface area (Å²) < 4.78 is 1.75. The minimum Gasteiger partial charge on any atom is -0.292 e. The van der Waals surface area contributed by atoms with Gasteiger partial charge in [-0.05, 0) is 12.8 Å².